The van der Waals surface area contributed by atoms with Crippen molar-refractivity contribution in [3.8, 4) is 0 Å². The van der Waals surface area contributed by atoms with Gasteiger partial charge in [0.2, 0.25) is 0 Å². The van der Waals surface area contributed by atoms with Crippen LogP contribution >= 0.6 is 0 Å². The average molecular weight is 268 g/mol. The molecule has 0 heterocycles. The van der Waals surface area contributed by atoms with Gasteiger partial charge in [0.1, 0.15) is 5.92 Å². The summed E-state index contributed by atoms with van der Waals surface area (Å²) in [6.07, 6.45) is 0. The van der Waals surface area contributed by atoms with Crippen molar-refractivity contribution >= 4 is 5.97 Å². The van der Waals surface area contributed by atoms with Crippen LogP contribution in [0.15, 0.2) is 30.3 Å². The van der Waals surface area contributed by atoms with Gasteiger partial charge in [-0.25, -0.2) is 0 Å². The number of benzene rings is 1. The molecule has 0 radical (unpaired) electrons. The van der Waals surface area contributed by atoms with Gasteiger partial charge in [0.05, 0.1) is 33.0 Å². The number of carboxylic acid groups (broad SMARTS) is 1. The minimum absolute atomic E-state index is 0.146. The van der Waals surface area contributed by atoms with Gasteiger partial charge in [-0.1, -0.05) is 30.3 Å². The van der Waals surface area contributed by atoms with Crippen LogP contribution in [-0.2, 0) is 19.0 Å². The molecule has 0 aliphatic carbocycles. The summed E-state index contributed by atoms with van der Waals surface area (Å²) < 4.78 is 15.4. The van der Waals surface area contributed by atoms with Crippen molar-refractivity contribution in [2.75, 3.05) is 40.1 Å². The molecule has 106 valence electrons. The molecule has 0 aliphatic rings. The summed E-state index contributed by atoms with van der Waals surface area (Å²) in [4.78, 5) is 11.2. The Morgan fingerprint density at radius 1 is 1.11 bits per heavy atom. The maximum absolute atomic E-state index is 11.2. The molecule has 0 aromatic heterocycles. The highest BCUT2D eigenvalue weighted by Gasteiger charge is 2.19. The van der Waals surface area contributed by atoms with Crippen LogP contribution in [0, 0.1) is 0 Å². The van der Waals surface area contributed by atoms with Crippen molar-refractivity contribution in [2.45, 2.75) is 5.92 Å². The third kappa shape index (κ3) is 6.33. The van der Waals surface area contributed by atoms with Gasteiger partial charge in [-0.05, 0) is 5.56 Å². The lowest BCUT2D eigenvalue weighted by Crippen LogP contribution is -2.19. The van der Waals surface area contributed by atoms with Gasteiger partial charge >= 0.3 is 5.97 Å². The first kappa shape index (κ1) is 15.6. The van der Waals surface area contributed by atoms with E-state index in [-0.39, 0.29) is 6.61 Å². The lowest BCUT2D eigenvalue weighted by atomic mass is 10.0. The highest BCUT2D eigenvalue weighted by atomic mass is 16.5. The normalized spacial score (nSPS) is 12.3. The molecular weight excluding hydrogens is 248 g/mol. The van der Waals surface area contributed by atoms with Crippen molar-refractivity contribution < 1.29 is 24.1 Å². The number of hydrogen-bond acceptors (Lipinski definition) is 4. The van der Waals surface area contributed by atoms with Crippen molar-refractivity contribution in [2.24, 2.45) is 0 Å². The zero-order valence-corrected chi connectivity index (χ0v) is 11.1. The van der Waals surface area contributed by atoms with Crippen LogP contribution in [0.25, 0.3) is 0 Å². The lowest BCUT2D eigenvalue weighted by Gasteiger charge is -2.13. The van der Waals surface area contributed by atoms with Crippen LogP contribution in [0.2, 0.25) is 0 Å². The van der Waals surface area contributed by atoms with Gasteiger partial charge in [0, 0.05) is 7.11 Å². The molecule has 0 amide bonds. The van der Waals surface area contributed by atoms with Crippen LogP contribution in [0.4, 0.5) is 0 Å². The maximum Gasteiger partial charge on any atom is 0.313 e. The van der Waals surface area contributed by atoms with E-state index in [1.807, 2.05) is 18.2 Å². The Morgan fingerprint density at radius 3 is 2.37 bits per heavy atom. The third-order valence-electron chi connectivity index (χ3n) is 2.59. The zero-order chi connectivity index (χ0) is 13.9. The number of carbonyl (C=O) groups is 1. The second-order valence-electron chi connectivity index (χ2n) is 3.98. The van der Waals surface area contributed by atoms with Gasteiger partial charge in [-0.2, -0.15) is 0 Å². The fourth-order valence-corrected chi connectivity index (χ4v) is 1.56. The van der Waals surface area contributed by atoms with Crippen molar-refractivity contribution in [3.05, 3.63) is 35.9 Å². The van der Waals surface area contributed by atoms with E-state index in [1.165, 1.54) is 0 Å². The number of hydrogen-bond donors (Lipinski definition) is 1. The third-order valence-corrected chi connectivity index (χ3v) is 2.59. The van der Waals surface area contributed by atoms with E-state index in [4.69, 9.17) is 14.2 Å². The second-order valence-corrected chi connectivity index (χ2v) is 3.98. The predicted molar refractivity (Wildman–Crippen MR) is 70.3 cm³/mol. The minimum atomic E-state index is -0.883. The molecule has 19 heavy (non-hydrogen) atoms. The van der Waals surface area contributed by atoms with E-state index < -0.39 is 11.9 Å². The second kappa shape index (κ2) is 9.49. The van der Waals surface area contributed by atoms with Gasteiger partial charge in [0.25, 0.3) is 0 Å². The molecule has 0 aliphatic heterocycles. The van der Waals surface area contributed by atoms with Gasteiger partial charge in [-0.15, -0.1) is 0 Å². The van der Waals surface area contributed by atoms with Crippen molar-refractivity contribution in [1.29, 1.82) is 0 Å². The molecule has 0 saturated carbocycles. The van der Waals surface area contributed by atoms with Crippen LogP contribution in [0.3, 0.4) is 0 Å². The van der Waals surface area contributed by atoms with Crippen LogP contribution in [0.1, 0.15) is 11.5 Å². The molecule has 0 spiro atoms. The first-order valence-electron chi connectivity index (χ1n) is 6.18. The molecule has 1 unspecified atom stereocenters. The van der Waals surface area contributed by atoms with Crippen molar-refractivity contribution in [1.82, 2.24) is 0 Å². The monoisotopic (exact) mass is 268 g/mol. The summed E-state index contributed by atoms with van der Waals surface area (Å²) in [7, 11) is 1.61. The average Bonchev–Trinajstić information content (AvgIpc) is 2.42. The summed E-state index contributed by atoms with van der Waals surface area (Å²) in [5.41, 5.74) is 0.746. The van der Waals surface area contributed by atoms with Gasteiger partial charge < -0.3 is 19.3 Å². The molecular formula is C14H20O5. The Kier molecular flexibility index (Phi) is 7.81. The topological polar surface area (TPSA) is 65.0 Å². The maximum atomic E-state index is 11.2. The van der Waals surface area contributed by atoms with Crippen LogP contribution < -0.4 is 0 Å². The Balaban J connectivity index is 2.26. The number of ether oxygens (including phenoxy) is 3. The van der Waals surface area contributed by atoms with E-state index in [0.29, 0.717) is 26.4 Å². The largest absolute Gasteiger partial charge is 0.481 e. The fourth-order valence-electron chi connectivity index (χ4n) is 1.56. The zero-order valence-electron chi connectivity index (χ0n) is 11.1. The molecule has 1 N–H and O–H groups in total. The summed E-state index contributed by atoms with van der Waals surface area (Å²) in [5.74, 6) is -1.52. The summed E-state index contributed by atoms with van der Waals surface area (Å²) in [5, 5.41) is 9.17. The number of methoxy groups -OCH3 is 1. The SMILES string of the molecule is COCCOCCOCC(C(=O)O)c1ccccc1. The fraction of sp³-hybridized carbons (Fsp3) is 0.500. The number of carboxylic acids is 1. The molecule has 1 aromatic rings. The number of rotatable bonds is 10. The van der Waals surface area contributed by atoms with E-state index in [2.05, 4.69) is 0 Å². The van der Waals surface area contributed by atoms with Crippen LogP contribution in [-0.4, -0.2) is 51.2 Å². The summed E-state index contributed by atoms with van der Waals surface area (Å²) in [6.45, 7) is 2.01. The molecule has 1 rings (SSSR count). The summed E-state index contributed by atoms with van der Waals surface area (Å²) in [6, 6.07) is 9.07. The molecule has 1 atom stereocenters. The summed E-state index contributed by atoms with van der Waals surface area (Å²) >= 11 is 0. The lowest BCUT2D eigenvalue weighted by molar-refractivity contribution is -0.140. The minimum Gasteiger partial charge on any atom is -0.481 e. The van der Waals surface area contributed by atoms with E-state index in [1.54, 1.807) is 19.2 Å². The Morgan fingerprint density at radius 2 is 1.74 bits per heavy atom. The van der Waals surface area contributed by atoms with Gasteiger partial charge in [0.15, 0.2) is 0 Å². The van der Waals surface area contributed by atoms with Gasteiger partial charge in [-0.3, -0.25) is 4.79 Å². The Labute approximate surface area is 113 Å². The van der Waals surface area contributed by atoms with Crippen LogP contribution in [0.5, 0.6) is 0 Å². The smallest absolute Gasteiger partial charge is 0.313 e. The van der Waals surface area contributed by atoms with E-state index in [9.17, 15) is 9.90 Å². The molecule has 5 nitrogen and oxygen atoms in total. The highest BCUT2D eigenvalue weighted by molar-refractivity contribution is 5.76. The molecule has 0 bridgehead atoms. The Hall–Kier alpha value is -1.43. The quantitative estimate of drug-likeness (QED) is 0.652. The molecule has 0 fully saturated rings. The number of aliphatic carboxylic acids is 1. The van der Waals surface area contributed by atoms with Crippen molar-refractivity contribution in [3.63, 3.8) is 0 Å². The molecule has 0 saturated heterocycles. The Bertz CT molecular complexity index is 352. The standard InChI is InChI=1S/C14H20O5/c1-17-7-8-18-9-10-19-11-13(14(15)16)12-5-3-2-4-6-12/h2-6,13H,7-11H2,1H3,(H,15,16). The predicted octanol–water partition coefficient (Wildman–Crippen LogP) is 1.53. The van der Waals surface area contributed by atoms with E-state index in [0.717, 1.165) is 5.56 Å². The van der Waals surface area contributed by atoms with E-state index >= 15 is 0 Å². The first-order chi connectivity index (χ1) is 9.25. The molecule has 5 heteroatoms. The first-order valence-corrected chi connectivity index (χ1v) is 6.18. The highest BCUT2D eigenvalue weighted by Crippen LogP contribution is 2.15. The molecule has 1 aromatic carbocycles.